The lowest BCUT2D eigenvalue weighted by molar-refractivity contribution is -0.137. The van der Waals surface area contributed by atoms with E-state index in [1.54, 1.807) is 24.0 Å². The normalized spacial score (nSPS) is 17.6. The molecule has 6 nitrogen and oxygen atoms in total. The Bertz CT molecular complexity index is 622. The van der Waals surface area contributed by atoms with Crippen molar-refractivity contribution >= 4 is 12.0 Å². The molecule has 0 aromatic heterocycles. The molecular formula is C20H30N2O4. The second kappa shape index (κ2) is 8.43. The third-order valence-electron chi connectivity index (χ3n) is 4.37. The first-order valence-corrected chi connectivity index (χ1v) is 9.09. The van der Waals surface area contributed by atoms with Crippen molar-refractivity contribution in [3.63, 3.8) is 0 Å². The molecule has 0 aliphatic carbocycles. The molecule has 144 valence electrons. The van der Waals surface area contributed by atoms with Crippen LogP contribution in [0, 0.1) is 0 Å². The van der Waals surface area contributed by atoms with Crippen molar-refractivity contribution in [1.82, 2.24) is 9.80 Å². The van der Waals surface area contributed by atoms with Gasteiger partial charge in [-0.05, 0) is 57.7 Å². The molecule has 0 bridgehead atoms. The van der Waals surface area contributed by atoms with Gasteiger partial charge in [0.1, 0.15) is 17.4 Å². The van der Waals surface area contributed by atoms with E-state index < -0.39 is 17.7 Å². The van der Waals surface area contributed by atoms with E-state index in [2.05, 4.69) is 0 Å². The maximum absolute atomic E-state index is 13.0. The van der Waals surface area contributed by atoms with Gasteiger partial charge in [-0.15, -0.1) is 0 Å². The standard InChI is InChI=1S/C20H30N2O4/c1-20(2,3)26-19(24)22-13-7-6-8-17(22)18(23)21(4)14-15-9-11-16(25-5)12-10-15/h9-12,17H,6-8,13-14H2,1-5H3. The number of hydrogen-bond donors (Lipinski definition) is 0. The Morgan fingerprint density at radius 3 is 2.42 bits per heavy atom. The van der Waals surface area contributed by atoms with Crippen molar-refractivity contribution in [2.45, 2.75) is 58.2 Å². The fraction of sp³-hybridized carbons (Fsp3) is 0.600. The quantitative estimate of drug-likeness (QED) is 0.823. The maximum Gasteiger partial charge on any atom is 0.410 e. The fourth-order valence-electron chi connectivity index (χ4n) is 3.06. The van der Waals surface area contributed by atoms with E-state index in [1.165, 1.54) is 0 Å². The van der Waals surface area contributed by atoms with Crippen LogP contribution >= 0.6 is 0 Å². The van der Waals surface area contributed by atoms with Crippen LogP contribution in [0.5, 0.6) is 5.75 Å². The summed E-state index contributed by atoms with van der Waals surface area (Å²) in [5.74, 6) is 0.734. The molecule has 0 saturated carbocycles. The first kappa shape index (κ1) is 20.1. The van der Waals surface area contributed by atoms with Crippen molar-refractivity contribution in [2.24, 2.45) is 0 Å². The average Bonchev–Trinajstić information content (AvgIpc) is 2.60. The number of ether oxygens (including phenoxy) is 2. The molecule has 1 unspecified atom stereocenters. The van der Waals surface area contributed by atoms with Gasteiger partial charge >= 0.3 is 6.09 Å². The Morgan fingerprint density at radius 1 is 1.19 bits per heavy atom. The molecule has 6 heteroatoms. The lowest BCUT2D eigenvalue weighted by Gasteiger charge is -2.37. The number of carbonyl (C=O) groups is 2. The van der Waals surface area contributed by atoms with Crippen LogP contribution in [-0.2, 0) is 16.1 Å². The molecule has 1 aromatic rings. The topological polar surface area (TPSA) is 59.1 Å². The molecule has 2 rings (SSSR count). The summed E-state index contributed by atoms with van der Waals surface area (Å²) in [6, 6.07) is 7.18. The minimum Gasteiger partial charge on any atom is -0.497 e. The van der Waals surface area contributed by atoms with Crippen molar-refractivity contribution < 1.29 is 19.1 Å². The van der Waals surface area contributed by atoms with Gasteiger partial charge in [-0.2, -0.15) is 0 Å². The number of amides is 2. The van der Waals surface area contributed by atoms with Gasteiger partial charge < -0.3 is 14.4 Å². The van der Waals surface area contributed by atoms with Crippen LogP contribution in [0.1, 0.15) is 45.6 Å². The maximum atomic E-state index is 13.0. The predicted octanol–water partition coefficient (Wildman–Crippen LogP) is 3.44. The summed E-state index contributed by atoms with van der Waals surface area (Å²) < 4.78 is 10.6. The zero-order valence-electron chi connectivity index (χ0n) is 16.4. The SMILES string of the molecule is COc1ccc(CN(C)C(=O)C2CCCCN2C(=O)OC(C)(C)C)cc1. The third kappa shape index (κ3) is 5.38. The van der Waals surface area contributed by atoms with E-state index >= 15 is 0 Å². The van der Waals surface area contributed by atoms with Crippen molar-refractivity contribution in [3.05, 3.63) is 29.8 Å². The van der Waals surface area contributed by atoms with Gasteiger partial charge in [0.2, 0.25) is 5.91 Å². The van der Waals surface area contributed by atoms with Crippen LogP contribution < -0.4 is 4.74 Å². The number of hydrogen-bond acceptors (Lipinski definition) is 4. The van der Waals surface area contributed by atoms with E-state index in [0.29, 0.717) is 19.5 Å². The van der Waals surface area contributed by atoms with Crippen LogP contribution in [0.4, 0.5) is 4.79 Å². The molecule has 0 N–H and O–H groups in total. The second-order valence-corrected chi connectivity index (χ2v) is 7.73. The highest BCUT2D eigenvalue weighted by molar-refractivity contribution is 5.85. The number of methoxy groups -OCH3 is 1. The Hall–Kier alpha value is -2.24. The van der Waals surface area contributed by atoms with Gasteiger partial charge in [0.15, 0.2) is 0 Å². The van der Waals surface area contributed by atoms with Crippen molar-refractivity contribution in [2.75, 3.05) is 20.7 Å². The first-order valence-electron chi connectivity index (χ1n) is 9.09. The first-order chi connectivity index (χ1) is 12.2. The number of benzene rings is 1. The van der Waals surface area contributed by atoms with E-state index in [9.17, 15) is 9.59 Å². The molecule has 1 heterocycles. The monoisotopic (exact) mass is 362 g/mol. The minimum atomic E-state index is -0.572. The summed E-state index contributed by atoms with van der Waals surface area (Å²) in [5, 5.41) is 0. The molecule has 1 aromatic carbocycles. The molecule has 0 radical (unpaired) electrons. The van der Waals surface area contributed by atoms with E-state index in [1.807, 2.05) is 45.0 Å². The molecule has 1 aliphatic rings. The van der Waals surface area contributed by atoms with E-state index in [4.69, 9.17) is 9.47 Å². The lowest BCUT2D eigenvalue weighted by Crippen LogP contribution is -2.53. The fourth-order valence-corrected chi connectivity index (χ4v) is 3.06. The van der Waals surface area contributed by atoms with Gasteiger partial charge in [0.05, 0.1) is 7.11 Å². The molecule has 0 spiro atoms. The summed E-state index contributed by atoms with van der Waals surface area (Å²) in [7, 11) is 3.40. The van der Waals surface area contributed by atoms with Gasteiger partial charge in [-0.25, -0.2) is 4.79 Å². The highest BCUT2D eigenvalue weighted by Gasteiger charge is 2.36. The molecule has 1 atom stereocenters. The summed E-state index contributed by atoms with van der Waals surface area (Å²) in [6.45, 7) is 6.55. The zero-order chi connectivity index (χ0) is 19.3. The third-order valence-corrected chi connectivity index (χ3v) is 4.37. The minimum absolute atomic E-state index is 0.0497. The van der Waals surface area contributed by atoms with Crippen LogP contribution in [0.15, 0.2) is 24.3 Å². The number of carbonyl (C=O) groups excluding carboxylic acids is 2. The van der Waals surface area contributed by atoms with Gasteiger partial charge in [0.25, 0.3) is 0 Å². The highest BCUT2D eigenvalue weighted by atomic mass is 16.6. The number of rotatable bonds is 4. The number of likely N-dealkylation sites (N-methyl/N-ethyl adjacent to an activating group) is 1. The average molecular weight is 362 g/mol. The molecule has 1 fully saturated rings. The van der Waals surface area contributed by atoms with Crippen molar-refractivity contribution in [1.29, 1.82) is 0 Å². The predicted molar refractivity (Wildman–Crippen MR) is 100 cm³/mol. The Labute approximate surface area is 156 Å². The lowest BCUT2D eigenvalue weighted by atomic mass is 10.0. The van der Waals surface area contributed by atoms with Crippen LogP contribution in [0.25, 0.3) is 0 Å². The Balaban J connectivity index is 2.04. The Morgan fingerprint density at radius 2 is 1.85 bits per heavy atom. The van der Waals surface area contributed by atoms with Crippen molar-refractivity contribution in [3.8, 4) is 5.75 Å². The molecule has 1 saturated heterocycles. The smallest absolute Gasteiger partial charge is 0.410 e. The number of piperidine rings is 1. The number of nitrogens with zero attached hydrogens (tertiary/aromatic N) is 2. The van der Waals surface area contributed by atoms with Crippen LogP contribution in [0.2, 0.25) is 0 Å². The van der Waals surface area contributed by atoms with Gasteiger partial charge in [-0.3, -0.25) is 9.69 Å². The molecular weight excluding hydrogens is 332 g/mol. The molecule has 1 aliphatic heterocycles. The molecule has 26 heavy (non-hydrogen) atoms. The second-order valence-electron chi connectivity index (χ2n) is 7.73. The summed E-state index contributed by atoms with van der Waals surface area (Å²) >= 11 is 0. The van der Waals surface area contributed by atoms with E-state index in [-0.39, 0.29) is 5.91 Å². The summed E-state index contributed by atoms with van der Waals surface area (Å²) in [5.41, 5.74) is 0.443. The summed E-state index contributed by atoms with van der Waals surface area (Å²) in [4.78, 5) is 28.7. The Kier molecular flexibility index (Phi) is 6.51. The summed E-state index contributed by atoms with van der Waals surface area (Å²) in [6.07, 6.45) is 2.09. The van der Waals surface area contributed by atoms with Crippen LogP contribution in [-0.4, -0.2) is 54.1 Å². The van der Waals surface area contributed by atoms with Gasteiger partial charge in [0, 0.05) is 20.1 Å². The highest BCUT2D eigenvalue weighted by Crippen LogP contribution is 2.22. The molecule has 2 amide bonds. The number of likely N-dealkylation sites (tertiary alicyclic amines) is 1. The zero-order valence-corrected chi connectivity index (χ0v) is 16.4. The largest absolute Gasteiger partial charge is 0.497 e. The van der Waals surface area contributed by atoms with E-state index in [0.717, 1.165) is 24.2 Å². The van der Waals surface area contributed by atoms with Crippen LogP contribution in [0.3, 0.4) is 0 Å². The van der Waals surface area contributed by atoms with Gasteiger partial charge in [-0.1, -0.05) is 12.1 Å².